The highest BCUT2D eigenvalue weighted by atomic mass is 19.1. The number of benzene rings is 1. The fourth-order valence-corrected chi connectivity index (χ4v) is 0.791. The molecule has 0 aromatic heterocycles. The van der Waals surface area contributed by atoms with Gasteiger partial charge in [0.25, 0.3) is 0 Å². The normalized spacial score (nSPS) is 11.1. The summed E-state index contributed by atoms with van der Waals surface area (Å²) in [5.74, 6) is -0.544. The minimum atomic E-state index is -0.577. The average Bonchev–Trinajstić information content (AvgIpc) is 2.02. The van der Waals surface area contributed by atoms with Gasteiger partial charge in [-0.05, 0) is 32.9 Å². The van der Waals surface area contributed by atoms with E-state index in [0.29, 0.717) is 0 Å². The van der Waals surface area contributed by atoms with Crippen LogP contribution < -0.4 is 4.74 Å². The Morgan fingerprint density at radius 1 is 1.36 bits per heavy atom. The summed E-state index contributed by atoms with van der Waals surface area (Å²) >= 11 is 0. The third kappa shape index (κ3) is 2.83. The van der Waals surface area contributed by atoms with Gasteiger partial charge in [-0.2, -0.15) is 0 Å². The second-order valence-electron chi connectivity index (χ2n) is 4.10. The number of hydrogen-bond acceptors (Lipinski definition) is 2. The first-order valence-electron chi connectivity index (χ1n) is 4.37. The van der Waals surface area contributed by atoms with Crippen LogP contribution in [0, 0.1) is 11.2 Å². The summed E-state index contributed by atoms with van der Waals surface area (Å²) in [6.45, 7) is 5.23. The lowest BCUT2D eigenvalue weighted by Gasteiger charge is -2.16. The lowest BCUT2D eigenvalue weighted by atomic mass is 9.97. The second-order valence-corrected chi connectivity index (χ2v) is 4.10. The largest absolute Gasteiger partial charge is 0.426 e. The van der Waals surface area contributed by atoms with Crippen LogP contribution in [-0.2, 0) is 4.79 Å². The molecule has 0 fully saturated rings. The molecular weight excluding hydrogens is 183 g/mol. The molecular formula is C11H13FO2. The number of carbonyl (C=O) groups is 1. The van der Waals surface area contributed by atoms with Gasteiger partial charge in [0, 0.05) is 6.07 Å². The number of halogens is 1. The van der Waals surface area contributed by atoms with Crippen molar-refractivity contribution in [3.63, 3.8) is 0 Å². The van der Waals surface area contributed by atoms with Crippen molar-refractivity contribution in [2.24, 2.45) is 5.41 Å². The van der Waals surface area contributed by atoms with Crippen molar-refractivity contribution >= 4 is 5.97 Å². The maximum Gasteiger partial charge on any atom is 0.316 e. The Kier molecular flexibility index (Phi) is 2.89. The molecule has 0 saturated heterocycles. The van der Waals surface area contributed by atoms with E-state index >= 15 is 0 Å². The van der Waals surface area contributed by atoms with Gasteiger partial charge in [-0.15, -0.1) is 0 Å². The third-order valence-electron chi connectivity index (χ3n) is 1.62. The van der Waals surface area contributed by atoms with Crippen LogP contribution >= 0.6 is 0 Å². The Morgan fingerprint density at radius 3 is 2.50 bits per heavy atom. The van der Waals surface area contributed by atoms with Gasteiger partial charge in [0.05, 0.1) is 5.41 Å². The van der Waals surface area contributed by atoms with E-state index in [2.05, 4.69) is 0 Å². The molecule has 1 aromatic rings. The maximum atomic E-state index is 12.7. The zero-order chi connectivity index (χ0) is 10.8. The highest BCUT2D eigenvalue weighted by molar-refractivity contribution is 5.77. The minimum absolute atomic E-state index is 0.241. The van der Waals surface area contributed by atoms with Gasteiger partial charge in [0.1, 0.15) is 11.6 Å². The van der Waals surface area contributed by atoms with Crippen LogP contribution in [-0.4, -0.2) is 5.97 Å². The monoisotopic (exact) mass is 196 g/mol. The van der Waals surface area contributed by atoms with Crippen molar-refractivity contribution in [3.05, 3.63) is 30.1 Å². The predicted molar refractivity (Wildman–Crippen MR) is 51.5 cm³/mol. The van der Waals surface area contributed by atoms with E-state index in [0.717, 1.165) is 0 Å². The SMILES string of the molecule is CC(C)(C)C(=O)Oc1cccc(F)c1. The Bertz CT molecular complexity index is 339. The molecule has 1 rings (SSSR count). The topological polar surface area (TPSA) is 26.3 Å². The van der Waals surface area contributed by atoms with Crippen LogP contribution in [0.5, 0.6) is 5.75 Å². The molecule has 0 aliphatic carbocycles. The van der Waals surface area contributed by atoms with Crippen LogP contribution in [0.3, 0.4) is 0 Å². The fraction of sp³-hybridized carbons (Fsp3) is 0.364. The van der Waals surface area contributed by atoms with Gasteiger partial charge < -0.3 is 4.74 Å². The summed E-state index contributed by atoms with van der Waals surface area (Å²) in [5, 5.41) is 0. The van der Waals surface area contributed by atoms with E-state index in [1.54, 1.807) is 26.8 Å². The molecule has 0 heterocycles. The van der Waals surface area contributed by atoms with E-state index in [9.17, 15) is 9.18 Å². The Balaban J connectivity index is 2.75. The summed E-state index contributed by atoms with van der Waals surface area (Å²) < 4.78 is 17.7. The predicted octanol–water partition coefficient (Wildman–Crippen LogP) is 2.78. The van der Waals surface area contributed by atoms with Gasteiger partial charge in [0.15, 0.2) is 0 Å². The van der Waals surface area contributed by atoms with Crippen LogP contribution in [0.25, 0.3) is 0 Å². The van der Waals surface area contributed by atoms with E-state index < -0.39 is 11.2 Å². The van der Waals surface area contributed by atoms with Crippen molar-refractivity contribution < 1.29 is 13.9 Å². The maximum absolute atomic E-state index is 12.7. The fourth-order valence-electron chi connectivity index (χ4n) is 0.791. The first-order valence-corrected chi connectivity index (χ1v) is 4.37. The smallest absolute Gasteiger partial charge is 0.316 e. The number of carbonyl (C=O) groups excluding carboxylic acids is 1. The Labute approximate surface area is 82.7 Å². The quantitative estimate of drug-likeness (QED) is 0.510. The molecule has 1 aromatic carbocycles. The zero-order valence-electron chi connectivity index (χ0n) is 8.50. The van der Waals surface area contributed by atoms with Crippen LogP contribution in [0.4, 0.5) is 4.39 Å². The zero-order valence-corrected chi connectivity index (χ0v) is 8.50. The molecule has 0 aliphatic heterocycles. The van der Waals surface area contributed by atoms with Gasteiger partial charge in [-0.25, -0.2) is 4.39 Å². The molecule has 0 aliphatic rings. The van der Waals surface area contributed by atoms with Crippen molar-refractivity contribution in [2.75, 3.05) is 0 Å². The van der Waals surface area contributed by atoms with Crippen molar-refractivity contribution in [3.8, 4) is 5.75 Å². The Hall–Kier alpha value is -1.38. The molecule has 0 saturated carbocycles. The van der Waals surface area contributed by atoms with Crippen LogP contribution in [0.1, 0.15) is 20.8 Å². The molecule has 3 heteroatoms. The second kappa shape index (κ2) is 3.78. The molecule has 0 amide bonds. The standard InChI is InChI=1S/C11H13FO2/c1-11(2,3)10(13)14-9-6-4-5-8(12)7-9/h4-7H,1-3H3. The highest BCUT2D eigenvalue weighted by Gasteiger charge is 2.23. The van der Waals surface area contributed by atoms with Gasteiger partial charge in [0.2, 0.25) is 0 Å². The van der Waals surface area contributed by atoms with E-state index in [-0.39, 0.29) is 11.7 Å². The molecule has 2 nitrogen and oxygen atoms in total. The average molecular weight is 196 g/mol. The van der Waals surface area contributed by atoms with Gasteiger partial charge in [-0.1, -0.05) is 6.07 Å². The van der Waals surface area contributed by atoms with Gasteiger partial charge >= 0.3 is 5.97 Å². The lowest BCUT2D eigenvalue weighted by Crippen LogP contribution is -2.25. The summed E-state index contributed by atoms with van der Waals surface area (Å²) in [6, 6.07) is 5.53. The van der Waals surface area contributed by atoms with Crippen molar-refractivity contribution in [1.29, 1.82) is 0 Å². The number of hydrogen-bond donors (Lipinski definition) is 0. The highest BCUT2D eigenvalue weighted by Crippen LogP contribution is 2.19. The van der Waals surface area contributed by atoms with Gasteiger partial charge in [-0.3, -0.25) is 4.79 Å². The molecule has 0 radical (unpaired) electrons. The number of rotatable bonds is 1. The van der Waals surface area contributed by atoms with Crippen molar-refractivity contribution in [1.82, 2.24) is 0 Å². The molecule has 0 unspecified atom stereocenters. The lowest BCUT2D eigenvalue weighted by molar-refractivity contribution is -0.143. The van der Waals surface area contributed by atoms with E-state index in [4.69, 9.17) is 4.74 Å². The van der Waals surface area contributed by atoms with E-state index in [1.807, 2.05) is 0 Å². The summed E-state index contributed by atoms with van der Waals surface area (Å²) in [5.41, 5.74) is -0.577. The summed E-state index contributed by atoms with van der Waals surface area (Å²) in [7, 11) is 0. The molecule has 76 valence electrons. The number of esters is 1. The molecule has 0 atom stereocenters. The first-order chi connectivity index (χ1) is 6.39. The molecule has 0 bridgehead atoms. The molecule has 14 heavy (non-hydrogen) atoms. The third-order valence-corrected chi connectivity index (χ3v) is 1.62. The Morgan fingerprint density at radius 2 is 2.00 bits per heavy atom. The molecule has 0 N–H and O–H groups in total. The number of ether oxygens (including phenoxy) is 1. The first kappa shape index (κ1) is 10.7. The minimum Gasteiger partial charge on any atom is -0.426 e. The van der Waals surface area contributed by atoms with E-state index in [1.165, 1.54) is 18.2 Å². The molecule has 0 spiro atoms. The van der Waals surface area contributed by atoms with Crippen molar-refractivity contribution in [2.45, 2.75) is 20.8 Å². The van der Waals surface area contributed by atoms with Crippen LogP contribution in [0.2, 0.25) is 0 Å². The summed E-state index contributed by atoms with van der Waals surface area (Å²) in [4.78, 5) is 11.4. The summed E-state index contributed by atoms with van der Waals surface area (Å²) in [6.07, 6.45) is 0. The van der Waals surface area contributed by atoms with Crippen LogP contribution in [0.15, 0.2) is 24.3 Å².